The van der Waals surface area contributed by atoms with Gasteiger partial charge in [0.1, 0.15) is 11.6 Å². The molecule has 5 heteroatoms. The van der Waals surface area contributed by atoms with Gasteiger partial charge in [-0.05, 0) is 47.6 Å². The molecule has 0 aliphatic carbocycles. The molecule has 1 atom stereocenters. The monoisotopic (exact) mass is 323 g/mol. The van der Waals surface area contributed by atoms with Crippen LogP contribution in [-0.2, 0) is 6.54 Å². The summed E-state index contributed by atoms with van der Waals surface area (Å²) in [5.41, 5.74) is 1.15. The Morgan fingerprint density at radius 2 is 2.26 bits per heavy atom. The number of hydrogen-bond acceptors (Lipinski definition) is 3. The Bertz CT molecular complexity index is 553. The van der Waals surface area contributed by atoms with Crippen LogP contribution in [0, 0.1) is 0 Å². The molecule has 1 unspecified atom stereocenters. The van der Waals surface area contributed by atoms with Crippen LogP contribution in [-0.4, -0.2) is 23.7 Å². The van der Waals surface area contributed by atoms with E-state index in [0.717, 1.165) is 28.2 Å². The molecule has 1 N–H and O–H groups in total. The number of ether oxygens (including phenoxy) is 1. The number of aryl methyl sites for hydroxylation is 1. The van der Waals surface area contributed by atoms with Gasteiger partial charge >= 0.3 is 0 Å². The Morgan fingerprint density at radius 1 is 1.47 bits per heavy atom. The summed E-state index contributed by atoms with van der Waals surface area (Å²) in [7, 11) is 3.61. The predicted octanol–water partition coefficient (Wildman–Crippen LogP) is 2.98. The Kier molecular flexibility index (Phi) is 4.61. The molecular formula is C14H18BrN3O. The van der Waals surface area contributed by atoms with Crippen LogP contribution in [0.5, 0.6) is 5.75 Å². The van der Waals surface area contributed by atoms with Crippen molar-refractivity contribution in [2.75, 3.05) is 14.2 Å². The topological polar surface area (TPSA) is 39.1 Å². The molecule has 19 heavy (non-hydrogen) atoms. The molecule has 0 radical (unpaired) electrons. The molecule has 102 valence electrons. The lowest BCUT2D eigenvalue weighted by Gasteiger charge is -2.18. The smallest absolute Gasteiger partial charge is 0.133 e. The molecule has 1 heterocycles. The minimum Gasteiger partial charge on any atom is -0.496 e. The van der Waals surface area contributed by atoms with Crippen molar-refractivity contribution in [3.8, 4) is 5.75 Å². The van der Waals surface area contributed by atoms with Crippen molar-refractivity contribution in [1.29, 1.82) is 0 Å². The number of benzene rings is 1. The van der Waals surface area contributed by atoms with Crippen molar-refractivity contribution in [3.05, 3.63) is 46.5 Å². The highest BCUT2D eigenvalue weighted by atomic mass is 79.9. The van der Waals surface area contributed by atoms with Gasteiger partial charge in [0.25, 0.3) is 0 Å². The van der Waals surface area contributed by atoms with E-state index in [1.165, 1.54) is 0 Å². The second kappa shape index (κ2) is 6.21. The third kappa shape index (κ3) is 2.82. The van der Waals surface area contributed by atoms with Crippen molar-refractivity contribution in [2.45, 2.75) is 19.5 Å². The maximum atomic E-state index is 5.26. The summed E-state index contributed by atoms with van der Waals surface area (Å²) in [5.74, 6) is 1.85. The van der Waals surface area contributed by atoms with E-state index in [1.807, 2.05) is 25.5 Å². The average Bonchev–Trinajstić information content (AvgIpc) is 2.88. The molecule has 0 bridgehead atoms. The van der Waals surface area contributed by atoms with E-state index in [-0.39, 0.29) is 6.04 Å². The number of aromatic nitrogens is 2. The second-order valence-corrected chi connectivity index (χ2v) is 5.04. The van der Waals surface area contributed by atoms with Crippen LogP contribution >= 0.6 is 15.9 Å². The molecule has 0 saturated heterocycles. The third-order valence-corrected chi connectivity index (χ3v) is 3.76. The fourth-order valence-electron chi connectivity index (χ4n) is 2.16. The maximum Gasteiger partial charge on any atom is 0.133 e. The molecule has 2 rings (SSSR count). The standard InChI is InChI=1S/C14H18BrN3O/c1-4-18-8-7-17-14(18)13(16-2)10-5-6-12(19-3)11(15)9-10/h5-9,13,16H,4H2,1-3H3. The summed E-state index contributed by atoms with van der Waals surface area (Å²) in [5, 5.41) is 3.32. The second-order valence-electron chi connectivity index (χ2n) is 4.19. The van der Waals surface area contributed by atoms with E-state index in [0.29, 0.717) is 0 Å². The van der Waals surface area contributed by atoms with Gasteiger partial charge < -0.3 is 14.6 Å². The summed E-state index contributed by atoms with van der Waals surface area (Å²) in [4.78, 5) is 4.46. The van der Waals surface area contributed by atoms with E-state index < -0.39 is 0 Å². The number of hydrogen-bond donors (Lipinski definition) is 1. The van der Waals surface area contributed by atoms with E-state index in [9.17, 15) is 0 Å². The predicted molar refractivity (Wildman–Crippen MR) is 79.5 cm³/mol. The minimum absolute atomic E-state index is 0.0668. The van der Waals surface area contributed by atoms with Gasteiger partial charge in [0.15, 0.2) is 0 Å². The zero-order valence-electron chi connectivity index (χ0n) is 11.4. The first-order valence-corrected chi connectivity index (χ1v) is 7.02. The van der Waals surface area contributed by atoms with Gasteiger partial charge in [-0.1, -0.05) is 6.07 Å². The van der Waals surface area contributed by atoms with Crippen molar-refractivity contribution in [3.63, 3.8) is 0 Å². The van der Waals surface area contributed by atoms with E-state index in [1.54, 1.807) is 7.11 Å². The SMILES string of the molecule is CCn1ccnc1C(NC)c1ccc(OC)c(Br)c1. The normalized spacial score (nSPS) is 12.4. The lowest BCUT2D eigenvalue weighted by atomic mass is 10.1. The first-order chi connectivity index (χ1) is 9.21. The maximum absolute atomic E-state index is 5.26. The zero-order valence-corrected chi connectivity index (χ0v) is 12.9. The Morgan fingerprint density at radius 3 is 2.84 bits per heavy atom. The van der Waals surface area contributed by atoms with Crippen LogP contribution in [0.4, 0.5) is 0 Å². The first kappa shape index (κ1) is 14.1. The number of nitrogens with zero attached hydrogens (tertiary/aromatic N) is 2. The summed E-state index contributed by atoms with van der Waals surface area (Å²) in [6.07, 6.45) is 3.83. The van der Waals surface area contributed by atoms with Crippen molar-refractivity contribution in [2.24, 2.45) is 0 Å². The molecule has 0 aliphatic heterocycles. The van der Waals surface area contributed by atoms with Gasteiger partial charge in [-0.15, -0.1) is 0 Å². The quantitative estimate of drug-likeness (QED) is 0.919. The highest BCUT2D eigenvalue weighted by molar-refractivity contribution is 9.10. The largest absolute Gasteiger partial charge is 0.496 e. The molecule has 1 aromatic heterocycles. The Labute approximate surface area is 121 Å². The molecule has 0 saturated carbocycles. The fourth-order valence-corrected chi connectivity index (χ4v) is 2.71. The number of nitrogens with one attached hydrogen (secondary N) is 1. The highest BCUT2D eigenvalue weighted by Crippen LogP contribution is 2.30. The Balaban J connectivity index is 2.40. The average molecular weight is 324 g/mol. The van der Waals surface area contributed by atoms with Gasteiger partial charge in [0, 0.05) is 18.9 Å². The van der Waals surface area contributed by atoms with Crippen LogP contribution in [0.3, 0.4) is 0 Å². The van der Waals surface area contributed by atoms with Crippen LogP contribution < -0.4 is 10.1 Å². The van der Waals surface area contributed by atoms with Crippen LogP contribution in [0.1, 0.15) is 24.4 Å². The van der Waals surface area contributed by atoms with Crippen molar-refractivity contribution < 1.29 is 4.74 Å². The molecule has 0 fully saturated rings. The third-order valence-electron chi connectivity index (χ3n) is 3.14. The molecule has 4 nitrogen and oxygen atoms in total. The van der Waals surface area contributed by atoms with Gasteiger partial charge in [-0.3, -0.25) is 0 Å². The molecule has 0 aliphatic rings. The fraction of sp³-hybridized carbons (Fsp3) is 0.357. The number of methoxy groups -OCH3 is 1. The summed E-state index contributed by atoms with van der Waals surface area (Å²) in [6, 6.07) is 6.15. The molecule has 2 aromatic rings. The summed E-state index contributed by atoms with van der Waals surface area (Å²) < 4.78 is 8.35. The van der Waals surface area contributed by atoms with Gasteiger partial charge in [0.05, 0.1) is 17.6 Å². The number of imidazole rings is 1. The van der Waals surface area contributed by atoms with Crippen molar-refractivity contribution >= 4 is 15.9 Å². The van der Waals surface area contributed by atoms with Crippen LogP contribution in [0.15, 0.2) is 35.1 Å². The van der Waals surface area contributed by atoms with Crippen molar-refractivity contribution in [1.82, 2.24) is 14.9 Å². The Hall–Kier alpha value is -1.33. The van der Waals surface area contributed by atoms with E-state index in [4.69, 9.17) is 4.74 Å². The minimum atomic E-state index is 0.0668. The van der Waals surface area contributed by atoms with E-state index >= 15 is 0 Å². The molecule has 1 aromatic carbocycles. The highest BCUT2D eigenvalue weighted by Gasteiger charge is 2.18. The summed E-state index contributed by atoms with van der Waals surface area (Å²) >= 11 is 3.52. The summed E-state index contributed by atoms with van der Waals surface area (Å²) in [6.45, 7) is 3.02. The first-order valence-electron chi connectivity index (χ1n) is 6.23. The lowest BCUT2D eigenvalue weighted by molar-refractivity contribution is 0.411. The number of rotatable bonds is 5. The van der Waals surface area contributed by atoms with Gasteiger partial charge in [-0.2, -0.15) is 0 Å². The van der Waals surface area contributed by atoms with Gasteiger partial charge in [0.2, 0.25) is 0 Å². The zero-order chi connectivity index (χ0) is 13.8. The number of halogens is 1. The molecular weight excluding hydrogens is 306 g/mol. The lowest BCUT2D eigenvalue weighted by Crippen LogP contribution is -2.21. The van der Waals surface area contributed by atoms with E-state index in [2.05, 4.69) is 49.9 Å². The van der Waals surface area contributed by atoms with Crippen LogP contribution in [0.2, 0.25) is 0 Å². The van der Waals surface area contributed by atoms with Crippen LogP contribution in [0.25, 0.3) is 0 Å². The molecule has 0 spiro atoms. The molecule has 0 amide bonds. The van der Waals surface area contributed by atoms with Gasteiger partial charge in [-0.25, -0.2) is 4.98 Å².